The maximum Gasteiger partial charge on any atom is 0.238 e. The molecule has 0 radical (unpaired) electrons. The highest BCUT2D eigenvalue weighted by molar-refractivity contribution is 7.92. The summed E-state index contributed by atoms with van der Waals surface area (Å²) in [5.41, 5.74) is 0.297. The van der Waals surface area contributed by atoms with Crippen LogP contribution in [0.5, 0.6) is 0 Å². The van der Waals surface area contributed by atoms with Crippen molar-refractivity contribution in [1.82, 2.24) is 5.32 Å². The van der Waals surface area contributed by atoms with E-state index < -0.39 is 26.8 Å². The lowest BCUT2D eigenvalue weighted by molar-refractivity contribution is -0.121. The van der Waals surface area contributed by atoms with Crippen molar-refractivity contribution in [1.29, 1.82) is 0 Å². The Kier molecular flexibility index (Phi) is 6.03. The molecule has 4 nitrogen and oxygen atoms in total. The molecule has 0 aliphatic heterocycles. The van der Waals surface area contributed by atoms with Crippen molar-refractivity contribution in [3.8, 4) is 0 Å². The van der Waals surface area contributed by atoms with Crippen LogP contribution in [0.3, 0.4) is 0 Å². The lowest BCUT2D eigenvalue weighted by atomic mass is 9.95. The number of hydrogen-bond donors (Lipinski definition) is 1. The quantitative estimate of drug-likeness (QED) is 0.875. The molecule has 1 aromatic rings. The fourth-order valence-corrected chi connectivity index (χ4v) is 4.35. The normalized spacial score (nSPS) is 17.7. The summed E-state index contributed by atoms with van der Waals surface area (Å²) in [4.78, 5) is 12.2. The summed E-state index contributed by atoms with van der Waals surface area (Å²) in [5, 5.41) is 1.71. The van der Waals surface area contributed by atoms with E-state index in [1.54, 1.807) is 0 Å². The summed E-state index contributed by atoms with van der Waals surface area (Å²) in [6.45, 7) is 1.38. The van der Waals surface area contributed by atoms with Crippen molar-refractivity contribution < 1.29 is 17.6 Å². The van der Waals surface area contributed by atoms with Crippen LogP contribution in [0.4, 0.5) is 4.39 Å². The Hall–Kier alpha value is -1.14. The second-order valence-electron chi connectivity index (χ2n) is 6.03. The van der Waals surface area contributed by atoms with E-state index in [2.05, 4.69) is 5.32 Å². The van der Waals surface area contributed by atoms with Gasteiger partial charge in [-0.15, -0.1) is 0 Å². The Morgan fingerprint density at radius 3 is 2.61 bits per heavy atom. The molecule has 0 aromatic heterocycles. The van der Waals surface area contributed by atoms with Gasteiger partial charge < -0.3 is 5.32 Å². The molecule has 0 saturated heterocycles. The van der Waals surface area contributed by atoms with E-state index in [1.807, 2.05) is 0 Å². The standard InChI is InChI=1S/C16H21ClFNO3S/c1-11(16(20)19-14-5-3-2-4-6-14)23(21,22)10-12-7-8-13(18)9-15(12)17/h7-9,11,14H,2-6,10H2,1H3,(H,19,20)/t11-/m0/s1. The molecule has 128 valence electrons. The minimum atomic E-state index is -3.72. The molecule has 1 aliphatic rings. The zero-order chi connectivity index (χ0) is 17.0. The number of amides is 1. The van der Waals surface area contributed by atoms with Gasteiger partial charge in [-0.1, -0.05) is 36.9 Å². The first-order chi connectivity index (χ1) is 10.8. The van der Waals surface area contributed by atoms with Crippen LogP contribution in [0, 0.1) is 5.82 Å². The SMILES string of the molecule is C[C@@H](C(=O)NC1CCCCC1)S(=O)(=O)Cc1ccc(F)cc1Cl. The van der Waals surface area contributed by atoms with Crippen molar-refractivity contribution >= 4 is 27.3 Å². The van der Waals surface area contributed by atoms with E-state index in [0.717, 1.165) is 44.2 Å². The summed E-state index contributed by atoms with van der Waals surface area (Å²) in [7, 11) is -3.72. The van der Waals surface area contributed by atoms with Crippen LogP contribution >= 0.6 is 11.6 Å². The van der Waals surface area contributed by atoms with Gasteiger partial charge in [-0.25, -0.2) is 12.8 Å². The van der Waals surface area contributed by atoms with E-state index in [0.29, 0.717) is 5.56 Å². The zero-order valence-electron chi connectivity index (χ0n) is 13.0. The van der Waals surface area contributed by atoms with Crippen molar-refractivity contribution in [2.24, 2.45) is 0 Å². The van der Waals surface area contributed by atoms with Gasteiger partial charge in [0.1, 0.15) is 11.1 Å². The van der Waals surface area contributed by atoms with Crippen LogP contribution in [-0.4, -0.2) is 25.6 Å². The van der Waals surface area contributed by atoms with Gasteiger partial charge in [0.15, 0.2) is 9.84 Å². The van der Waals surface area contributed by atoms with Gasteiger partial charge in [0.2, 0.25) is 5.91 Å². The van der Waals surface area contributed by atoms with Gasteiger partial charge in [-0.3, -0.25) is 4.79 Å². The van der Waals surface area contributed by atoms with Gasteiger partial charge in [0.05, 0.1) is 5.75 Å². The van der Waals surface area contributed by atoms with Crippen LogP contribution in [0.25, 0.3) is 0 Å². The number of nitrogens with one attached hydrogen (secondary N) is 1. The Morgan fingerprint density at radius 2 is 2.00 bits per heavy atom. The maximum absolute atomic E-state index is 13.0. The lowest BCUT2D eigenvalue weighted by Gasteiger charge is -2.24. The van der Waals surface area contributed by atoms with Crippen LogP contribution in [0.2, 0.25) is 5.02 Å². The predicted molar refractivity (Wildman–Crippen MR) is 88.5 cm³/mol. The number of halogens is 2. The molecule has 0 bridgehead atoms. The Bertz CT molecular complexity index is 672. The van der Waals surface area contributed by atoms with Crippen LogP contribution < -0.4 is 5.32 Å². The first-order valence-corrected chi connectivity index (χ1v) is 9.85. The minimum absolute atomic E-state index is 0.0495. The van der Waals surface area contributed by atoms with E-state index in [-0.39, 0.29) is 16.8 Å². The molecule has 1 fully saturated rings. The van der Waals surface area contributed by atoms with E-state index >= 15 is 0 Å². The molecular formula is C16H21ClFNO3S. The van der Waals surface area contributed by atoms with Gasteiger partial charge in [-0.2, -0.15) is 0 Å². The Balaban J connectivity index is 2.03. The first kappa shape index (κ1) is 18.2. The minimum Gasteiger partial charge on any atom is -0.352 e. The fraction of sp³-hybridized carbons (Fsp3) is 0.562. The monoisotopic (exact) mass is 361 g/mol. The summed E-state index contributed by atoms with van der Waals surface area (Å²) in [5.74, 6) is -1.39. The fourth-order valence-electron chi connectivity index (χ4n) is 2.71. The van der Waals surface area contributed by atoms with E-state index in [9.17, 15) is 17.6 Å². The number of sulfone groups is 1. The molecule has 1 amide bonds. The van der Waals surface area contributed by atoms with E-state index in [1.165, 1.54) is 13.0 Å². The molecule has 1 aromatic carbocycles. The third-order valence-corrected chi connectivity index (χ3v) is 6.59. The predicted octanol–water partition coefficient (Wildman–Crippen LogP) is 3.23. The molecular weight excluding hydrogens is 341 g/mol. The highest BCUT2D eigenvalue weighted by atomic mass is 35.5. The molecule has 0 unspecified atom stereocenters. The van der Waals surface area contributed by atoms with E-state index in [4.69, 9.17) is 11.6 Å². The van der Waals surface area contributed by atoms with Gasteiger partial charge in [0.25, 0.3) is 0 Å². The van der Waals surface area contributed by atoms with Gasteiger partial charge >= 0.3 is 0 Å². The Labute approximate surface area is 141 Å². The smallest absolute Gasteiger partial charge is 0.238 e. The average Bonchev–Trinajstić information content (AvgIpc) is 2.50. The summed E-state index contributed by atoms with van der Waals surface area (Å²) >= 11 is 5.87. The molecule has 23 heavy (non-hydrogen) atoms. The van der Waals surface area contributed by atoms with Crippen molar-refractivity contribution in [3.63, 3.8) is 0 Å². The second kappa shape index (κ2) is 7.62. The molecule has 1 saturated carbocycles. The van der Waals surface area contributed by atoms with Crippen molar-refractivity contribution in [3.05, 3.63) is 34.6 Å². The molecule has 0 spiro atoms. The average molecular weight is 362 g/mol. The highest BCUT2D eigenvalue weighted by Crippen LogP contribution is 2.22. The number of hydrogen-bond acceptors (Lipinski definition) is 3. The van der Waals surface area contributed by atoms with Gasteiger partial charge in [-0.05, 0) is 37.5 Å². The summed E-state index contributed by atoms with van der Waals surface area (Å²) in [6.07, 6.45) is 5.04. The maximum atomic E-state index is 13.0. The van der Waals surface area contributed by atoms with Gasteiger partial charge in [0, 0.05) is 11.1 Å². The summed E-state index contributed by atoms with van der Waals surface area (Å²) < 4.78 is 37.8. The molecule has 1 N–H and O–H groups in total. The number of carbonyl (C=O) groups is 1. The van der Waals surface area contributed by atoms with Crippen molar-refractivity contribution in [2.75, 3.05) is 0 Å². The third kappa shape index (κ3) is 4.91. The lowest BCUT2D eigenvalue weighted by Crippen LogP contribution is -2.44. The zero-order valence-corrected chi connectivity index (χ0v) is 14.6. The molecule has 7 heteroatoms. The summed E-state index contributed by atoms with van der Waals surface area (Å²) in [6, 6.07) is 3.62. The number of carbonyl (C=O) groups excluding carboxylic acids is 1. The second-order valence-corrected chi connectivity index (χ2v) is 8.76. The first-order valence-electron chi connectivity index (χ1n) is 7.75. The van der Waals surface area contributed by atoms with Crippen LogP contribution in [0.15, 0.2) is 18.2 Å². The van der Waals surface area contributed by atoms with Crippen LogP contribution in [0.1, 0.15) is 44.6 Å². The Morgan fingerprint density at radius 1 is 1.35 bits per heavy atom. The topological polar surface area (TPSA) is 63.2 Å². The number of rotatable bonds is 5. The molecule has 1 atom stereocenters. The van der Waals surface area contributed by atoms with Crippen molar-refractivity contribution in [2.45, 2.75) is 56.1 Å². The molecule has 0 heterocycles. The van der Waals surface area contributed by atoms with Crippen LogP contribution in [-0.2, 0) is 20.4 Å². The largest absolute Gasteiger partial charge is 0.352 e. The number of benzene rings is 1. The highest BCUT2D eigenvalue weighted by Gasteiger charge is 2.30. The molecule has 1 aliphatic carbocycles. The third-order valence-electron chi connectivity index (χ3n) is 4.23. The molecule has 2 rings (SSSR count).